The number of ether oxygens (including phenoxy) is 1. The SMILES string of the molecule is O=[N+]([O-])c1ccc(Oc2ccc(-c3nc4ccccc4o3)cc2)cc1. The molecule has 0 amide bonds. The Morgan fingerprint density at radius 2 is 1.52 bits per heavy atom. The number of fused-ring (bicyclic) bond motifs is 1. The predicted molar refractivity (Wildman–Crippen MR) is 92.6 cm³/mol. The van der Waals surface area contributed by atoms with Gasteiger partial charge in [0, 0.05) is 17.7 Å². The summed E-state index contributed by atoms with van der Waals surface area (Å²) in [5.74, 6) is 1.69. The van der Waals surface area contributed by atoms with Gasteiger partial charge >= 0.3 is 0 Å². The van der Waals surface area contributed by atoms with Crippen LogP contribution in [0.15, 0.2) is 77.2 Å². The number of oxazole rings is 1. The molecule has 0 atom stereocenters. The van der Waals surface area contributed by atoms with Crippen LogP contribution < -0.4 is 4.74 Å². The molecular formula is C19H12N2O4. The third kappa shape index (κ3) is 3.05. The Balaban J connectivity index is 1.54. The van der Waals surface area contributed by atoms with E-state index < -0.39 is 4.92 Å². The molecule has 4 aromatic rings. The Hall–Kier alpha value is -3.67. The predicted octanol–water partition coefficient (Wildman–Crippen LogP) is 5.20. The van der Waals surface area contributed by atoms with Crippen molar-refractivity contribution >= 4 is 16.8 Å². The van der Waals surface area contributed by atoms with E-state index in [4.69, 9.17) is 9.15 Å². The molecule has 0 bridgehead atoms. The summed E-state index contributed by atoms with van der Waals surface area (Å²) < 4.78 is 11.4. The fraction of sp³-hybridized carbons (Fsp3) is 0. The summed E-state index contributed by atoms with van der Waals surface area (Å²) in [6.07, 6.45) is 0. The standard InChI is InChI=1S/C19H12N2O4/c22-21(23)14-7-11-16(12-8-14)24-15-9-5-13(6-10-15)19-20-17-3-1-2-4-18(17)25-19/h1-12H. The van der Waals surface area contributed by atoms with Crippen molar-refractivity contribution in [2.45, 2.75) is 0 Å². The number of nitro groups is 1. The van der Waals surface area contributed by atoms with Crippen molar-refractivity contribution < 1.29 is 14.1 Å². The maximum absolute atomic E-state index is 10.7. The molecule has 0 N–H and O–H groups in total. The van der Waals surface area contributed by atoms with E-state index in [1.54, 1.807) is 24.3 Å². The maximum atomic E-state index is 10.7. The molecule has 0 saturated heterocycles. The second kappa shape index (κ2) is 6.09. The van der Waals surface area contributed by atoms with E-state index in [0.29, 0.717) is 17.4 Å². The molecule has 0 aliphatic rings. The van der Waals surface area contributed by atoms with Crippen LogP contribution in [0.3, 0.4) is 0 Å². The van der Waals surface area contributed by atoms with Crippen molar-refractivity contribution in [3.05, 3.63) is 82.9 Å². The van der Waals surface area contributed by atoms with Crippen molar-refractivity contribution in [1.82, 2.24) is 4.98 Å². The minimum absolute atomic E-state index is 0.0265. The van der Waals surface area contributed by atoms with E-state index in [2.05, 4.69) is 4.98 Å². The monoisotopic (exact) mass is 332 g/mol. The zero-order valence-corrected chi connectivity index (χ0v) is 13.0. The van der Waals surface area contributed by atoms with Crippen molar-refractivity contribution in [2.24, 2.45) is 0 Å². The first-order valence-corrected chi connectivity index (χ1v) is 7.57. The van der Waals surface area contributed by atoms with Crippen molar-refractivity contribution in [3.8, 4) is 23.0 Å². The van der Waals surface area contributed by atoms with Crippen LogP contribution in [0.4, 0.5) is 5.69 Å². The van der Waals surface area contributed by atoms with E-state index >= 15 is 0 Å². The summed E-state index contributed by atoms with van der Waals surface area (Å²) in [4.78, 5) is 14.7. The minimum atomic E-state index is -0.446. The summed E-state index contributed by atoms with van der Waals surface area (Å²) in [7, 11) is 0. The fourth-order valence-corrected chi connectivity index (χ4v) is 2.43. The number of aromatic nitrogens is 1. The van der Waals surface area contributed by atoms with Gasteiger partial charge in [-0.25, -0.2) is 4.98 Å². The van der Waals surface area contributed by atoms with Gasteiger partial charge in [0.25, 0.3) is 5.69 Å². The van der Waals surface area contributed by atoms with Gasteiger partial charge in [0.15, 0.2) is 5.58 Å². The highest BCUT2D eigenvalue weighted by molar-refractivity contribution is 5.76. The Bertz CT molecular complexity index is 1000. The van der Waals surface area contributed by atoms with Gasteiger partial charge in [-0.3, -0.25) is 10.1 Å². The number of para-hydroxylation sites is 2. The Labute approximate surface area is 142 Å². The average molecular weight is 332 g/mol. The first-order valence-electron chi connectivity index (χ1n) is 7.57. The van der Waals surface area contributed by atoms with Crippen LogP contribution in [-0.2, 0) is 0 Å². The lowest BCUT2D eigenvalue weighted by Gasteiger charge is -2.05. The molecule has 6 heteroatoms. The second-order valence-corrected chi connectivity index (χ2v) is 5.36. The van der Waals surface area contributed by atoms with Gasteiger partial charge in [-0.2, -0.15) is 0 Å². The maximum Gasteiger partial charge on any atom is 0.269 e. The van der Waals surface area contributed by atoms with Crippen LogP contribution >= 0.6 is 0 Å². The first-order chi connectivity index (χ1) is 12.2. The zero-order valence-electron chi connectivity index (χ0n) is 13.0. The van der Waals surface area contributed by atoms with Crippen LogP contribution in [-0.4, -0.2) is 9.91 Å². The Morgan fingerprint density at radius 1 is 0.880 bits per heavy atom. The van der Waals surface area contributed by atoms with Crippen LogP contribution in [0, 0.1) is 10.1 Å². The topological polar surface area (TPSA) is 78.4 Å². The van der Waals surface area contributed by atoms with Gasteiger partial charge in [0.2, 0.25) is 5.89 Å². The Kier molecular flexibility index (Phi) is 3.63. The molecule has 3 aromatic carbocycles. The average Bonchev–Trinajstić information content (AvgIpc) is 3.07. The molecule has 6 nitrogen and oxygen atoms in total. The fourth-order valence-electron chi connectivity index (χ4n) is 2.43. The normalized spacial score (nSPS) is 10.7. The molecule has 0 aliphatic carbocycles. The number of nitrogens with zero attached hydrogens (tertiary/aromatic N) is 2. The first kappa shape index (κ1) is 14.9. The molecular weight excluding hydrogens is 320 g/mol. The van der Waals surface area contributed by atoms with Gasteiger partial charge < -0.3 is 9.15 Å². The molecule has 0 aliphatic heterocycles. The van der Waals surface area contributed by atoms with Crippen LogP contribution in [0.1, 0.15) is 0 Å². The number of benzene rings is 3. The second-order valence-electron chi connectivity index (χ2n) is 5.36. The molecule has 25 heavy (non-hydrogen) atoms. The van der Waals surface area contributed by atoms with Crippen molar-refractivity contribution in [2.75, 3.05) is 0 Å². The van der Waals surface area contributed by atoms with E-state index in [9.17, 15) is 10.1 Å². The molecule has 0 spiro atoms. The van der Waals surface area contributed by atoms with Gasteiger partial charge in [0.05, 0.1) is 4.92 Å². The number of hydrogen-bond acceptors (Lipinski definition) is 5. The summed E-state index contributed by atoms with van der Waals surface area (Å²) in [6.45, 7) is 0. The molecule has 0 unspecified atom stereocenters. The smallest absolute Gasteiger partial charge is 0.269 e. The van der Waals surface area contributed by atoms with Crippen LogP contribution in [0.5, 0.6) is 11.5 Å². The van der Waals surface area contributed by atoms with Gasteiger partial charge in [-0.1, -0.05) is 12.1 Å². The third-order valence-electron chi connectivity index (χ3n) is 3.68. The molecule has 0 radical (unpaired) electrons. The van der Waals surface area contributed by atoms with E-state index in [1.165, 1.54) is 12.1 Å². The number of hydrogen-bond donors (Lipinski definition) is 0. The zero-order chi connectivity index (χ0) is 17.2. The molecule has 0 fully saturated rings. The number of nitro benzene ring substituents is 1. The molecule has 0 saturated carbocycles. The third-order valence-corrected chi connectivity index (χ3v) is 3.68. The lowest BCUT2D eigenvalue weighted by Crippen LogP contribution is -1.88. The molecule has 1 heterocycles. The largest absolute Gasteiger partial charge is 0.457 e. The van der Waals surface area contributed by atoms with Gasteiger partial charge in [0.1, 0.15) is 17.0 Å². The van der Waals surface area contributed by atoms with Crippen LogP contribution in [0.2, 0.25) is 0 Å². The lowest BCUT2D eigenvalue weighted by atomic mass is 10.2. The van der Waals surface area contributed by atoms with Crippen LogP contribution in [0.25, 0.3) is 22.6 Å². The molecule has 1 aromatic heterocycles. The Morgan fingerprint density at radius 3 is 2.16 bits per heavy atom. The summed E-state index contributed by atoms with van der Waals surface area (Å²) in [5, 5.41) is 10.7. The van der Waals surface area contributed by atoms with E-state index in [0.717, 1.165) is 16.7 Å². The quantitative estimate of drug-likeness (QED) is 0.379. The minimum Gasteiger partial charge on any atom is -0.457 e. The summed E-state index contributed by atoms with van der Waals surface area (Å²) >= 11 is 0. The van der Waals surface area contributed by atoms with Crippen molar-refractivity contribution in [1.29, 1.82) is 0 Å². The highest BCUT2D eigenvalue weighted by atomic mass is 16.6. The summed E-state index contributed by atoms with van der Waals surface area (Å²) in [5.41, 5.74) is 2.42. The van der Waals surface area contributed by atoms with E-state index in [-0.39, 0.29) is 5.69 Å². The number of non-ortho nitro benzene ring substituents is 1. The van der Waals surface area contributed by atoms with Gasteiger partial charge in [-0.05, 0) is 48.5 Å². The van der Waals surface area contributed by atoms with E-state index in [1.807, 2.05) is 36.4 Å². The van der Waals surface area contributed by atoms with Crippen molar-refractivity contribution in [3.63, 3.8) is 0 Å². The van der Waals surface area contributed by atoms with Gasteiger partial charge in [-0.15, -0.1) is 0 Å². The highest BCUT2D eigenvalue weighted by Crippen LogP contribution is 2.28. The molecule has 4 rings (SSSR count). The lowest BCUT2D eigenvalue weighted by molar-refractivity contribution is -0.384. The molecule has 122 valence electrons. The highest BCUT2D eigenvalue weighted by Gasteiger charge is 2.09. The summed E-state index contributed by atoms with van der Waals surface area (Å²) in [6, 6.07) is 20.8. The number of rotatable bonds is 4.